The number of ether oxygens (including phenoxy) is 1. The second-order valence-electron chi connectivity index (χ2n) is 6.62. The second-order valence-corrected chi connectivity index (χ2v) is 6.62. The first kappa shape index (κ1) is 19.0. The molecule has 3 aromatic rings. The van der Waals surface area contributed by atoms with Gasteiger partial charge in [-0.15, -0.1) is 0 Å². The average molecular weight is 366 g/mol. The van der Waals surface area contributed by atoms with Crippen LogP contribution >= 0.6 is 0 Å². The molecule has 1 amide bonds. The first-order valence-corrected chi connectivity index (χ1v) is 8.94. The van der Waals surface area contributed by atoms with E-state index in [-0.39, 0.29) is 5.91 Å². The predicted octanol–water partition coefficient (Wildman–Crippen LogP) is 4.42. The molecule has 0 bridgehead atoms. The fourth-order valence-electron chi connectivity index (χ4n) is 2.95. The van der Waals surface area contributed by atoms with Gasteiger partial charge in [0.15, 0.2) is 0 Å². The van der Waals surface area contributed by atoms with E-state index in [0.29, 0.717) is 41.7 Å². The third kappa shape index (κ3) is 4.31. The Balaban J connectivity index is 2.05. The van der Waals surface area contributed by atoms with Gasteiger partial charge >= 0.3 is 0 Å². The number of fused-ring (bicyclic) bond motifs is 1. The van der Waals surface area contributed by atoms with Crippen molar-refractivity contribution < 1.29 is 13.9 Å². The molecule has 0 atom stereocenters. The van der Waals surface area contributed by atoms with Crippen molar-refractivity contribution in [3.8, 4) is 11.3 Å². The van der Waals surface area contributed by atoms with Crippen LogP contribution in [0.25, 0.3) is 22.2 Å². The van der Waals surface area contributed by atoms with E-state index in [1.165, 1.54) is 17.7 Å². The summed E-state index contributed by atoms with van der Waals surface area (Å²) in [5, 5.41) is 3.38. The maximum atomic E-state index is 13.8. The number of hydrogen-bond donors (Lipinski definition) is 1. The van der Waals surface area contributed by atoms with E-state index in [4.69, 9.17) is 4.74 Å². The van der Waals surface area contributed by atoms with Crippen LogP contribution in [0.1, 0.15) is 27.9 Å². The molecule has 0 saturated carbocycles. The number of aromatic nitrogens is 1. The van der Waals surface area contributed by atoms with Crippen molar-refractivity contribution in [3.05, 3.63) is 65.0 Å². The average Bonchev–Trinajstić information content (AvgIpc) is 2.66. The van der Waals surface area contributed by atoms with Crippen LogP contribution in [-0.2, 0) is 4.74 Å². The normalized spacial score (nSPS) is 11.0. The number of methoxy groups -OCH3 is 1. The number of amides is 1. The van der Waals surface area contributed by atoms with Crippen molar-refractivity contribution in [2.24, 2.45) is 0 Å². The van der Waals surface area contributed by atoms with Gasteiger partial charge in [0.1, 0.15) is 5.82 Å². The topological polar surface area (TPSA) is 51.2 Å². The molecule has 0 unspecified atom stereocenters. The molecular weight excluding hydrogens is 343 g/mol. The van der Waals surface area contributed by atoms with Gasteiger partial charge in [-0.25, -0.2) is 9.37 Å². The van der Waals surface area contributed by atoms with Crippen LogP contribution in [0.5, 0.6) is 0 Å². The molecule has 3 rings (SSSR count). The molecule has 4 nitrogen and oxygen atoms in total. The fraction of sp³-hybridized carbons (Fsp3) is 0.273. The van der Waals surface area contributed by atoms with E-state index >= 15 is 0 Å². The molecule has 0 saturated heterocycles. The number of hydrogen-bond acceptors (Lipinski definition) is 3. The summed E-state index contributed by atoms with van der Waals surface area (Å²) in [7, 11) is 1.62. The van der Waals surface area contributed by atoms with Crippen molar-refractivity contribution in [1.82, 2.24) is 10.3 Å². The summed E-state index contributed by atoms with van der Waals surface area (Å²) >= 11 is 0. The SMILES string of the molecule is COCCCNC(=O)c1cc(-c2ccc(C)c(C)c2)nc2ccc(F)cc12. The lowest BCUT2D eigenvalue weighted by molar-refractivity contribution is 0.0950. The molecular formula is C22H23FN2O2. The van der Waals surface area contributed by atoms with E-state index < -0.39 is 5.82 Å². The number of halogens is 1. The third-order valence-electron chi connectivity index (χ3n) is 4.63. The zero-order valence-corrected chi connectivity index (χ0v) is 15.8. The number of rotatable bonds is 6. The van der Waals surface area contributed by atoms with Crippen LogP contribution in [0.3, 0.4) is 0 Å². The molecule has 140 valence electrons. The summed E-state index contributed by atoms with van der Waals surface area (Å²) in [6.45, 7) is 5.15. The van der Waals surface area contributed by atoms with Gasteiger partial charge in [0.25, 0.3) is 5.91 Å². The monoisotopic (exact) mass is 366 g/mol. The number of aryl methyl sites for hydroxylation is 2. The molecule has 0 aliphatic rings. The summed E-state index contributed by atoms with van der Waals surface area (Å²) in [5.74, 6) is -0.633. The van der Waals surface area contributed by atoms with Crippen LogP contribution in [0.4, 0.5) is 4.39 Å². The fourth-order valence-corrected chi connectivity index (χ4v) is 2.95. The van der Waals surface area contributed by atoms with Gasteiger partial charge in [-0.3, -0.25) is 4.79 Å². The number of nitrogens with one attached hydrogen (secondary N) is 1. The van der Waals surface area contributed by atoms with Crippen LogP contribution in [-0.4, -0.2) is 31.2 Å². The van der Waals surface area contributed by atoms with E-state index in [1.54, 1.807) is 19.2 Å². The molecule has 0 fully saturated rings. The lowest BCUT2D eigenvalue weighted by Gasteiger charge is -2.12. The molecule has 1 heterocycles. The molecule has 0 radical (unpaired) electrons. The Morgan fingerprint density at radius 1 is 1.11 bits per heavy atom. The summed E-state index contributed by atoms with van der Waals surface area (Å²) in [5.41, 5.74) is 4.98. The number of nitrogens with zero attached hydrogens (tertiary/aromatic N) is 1. The largest absolute Gasteiger partial charge is 0.385 e. The molecule has 0 aliphatic heterocycles. The lowest BCUT2D eigenvalue weighted by atomic mass is 10.0. The summed E-state index contributed by atoms with van der Waals surface area (Å²) in [6, 6.07) is 12.1. The lowest BCUT2D eigenvalue weighted by Crippen LogP contribution is -2.25. The minimum atomic E-state index is -0.392. The zero-order valence-electron chi connectivity index (χ0n) is 15.8. The first-order chi connectivity index (χ1) is 13.0. The smallest absolute Gasteiger partial charge is 0.252 e. The van der Waals surface area contributed by atoms with Gasteiger partial charge in [0, 0.05) is 31.2 Å². The quantitative estimate of drug-likeness (QED) is 0.657. The van der Waals surface area contributed by atoms with Gasteiger partial charge < -0.3 is 10.1 Å². The second kappa shape index (κ2) is 8.27. The highest BCUT2D eigenvalue weighted by molar-refractivity contribution is 6.07. The van der Waals surface area contributed by atoms with Crippen molar-refractivity contribution in [3.63, 3.8) is 0 Å². The highest BCUT2D eigenvalue weighted by atomic mass is 19.1. The minimum Gasteiger partial charge on any atom is -0.385 e. The van der Waals surface area contributed by atoms with Crippen molar-refractivity contribution in [2.75, 3.05) is 20.3 Å². The van der Waals surface area contributed by atoms with Crippen molar-refractivity contribution in [2.45, 2.75) is 20.3 Å². The van der Waals surface area contributed by atoms with Crippen LogP contribution in [0, 0.1) is 19.7 Å². The van der Waals surface area contributed by atoms with Crippen LogP contribution in [0.2, 0.25) is 0 Å². The summed E-state index contributed by atoms with van der Waals surface area (Å²) in [6.07, 6.45) is 0.712. The van der Waals surface area contributed by atoms with Gasteiger partial charge in [0.05, 0.1) is 16.8 Å². The Kier molecular flexibility index (Phi) is 5.81. The van der Waals surface area contributed by atoms with Gasteiger partial charge in [0.2, 0.25) is 0 Å². The van der Waals surface area contributed by atoms with E-state index in [0.717, 1.165) is 11.1 Å². The summed E-state index contributed by atoms with van der Waals surface area (Å²) < 4.78 is 18.8. The first-order valence-electron chi connectivity index (χ1n) is 8.94. The van der Waals surface area contributed by atoms with Crippen molar-refractivity contribution in [1.29, 1.82) is 0 Å². The summed E-state index contributed by atoms with van der Waals surface area (Å²) in [4.78, 5) is 17.4. The molecule has 0 spiro atoms. The Morgan fingerprint density at radius 2 is 1.93 bits per heavy atom. The highest BCUT2D eigenvalue weighted by Gasteiger charge is 2.15. The van der Waals surface area contributed by atoms with Crippen LogP contribution in [0.15, 0.2) is 42.5 Å². The molecule has 1 aromatic heterocycles. The maximum Gasteiger partial charge on any atom is 0.252 e. The Morgan fingerprint density at radius 3 is 2.67 bits per heavy atom. The Bertz CT molecular complexity index is 985. The molecule has 1 N–H and O–H groups in total. The van der Waals surface area contributed by atoms with E-state index in [1.807, 2.05) is 25.1 Å². The zero-order chi connectivity index (χ0) is 19.4. The highest BCUT2D eigenvalue weighted by Crippen LogP contribution is 2.27. The third-order valence-corrected chi connectivity index (χ3v) is 4.63. The molecule has 0 aliphatic carbocycles. The van der Waals surface area contributed by atoms with Gasteiger partial charge in [-0.05, 0) is 61.7 Å². The number of carbonyl (C=O) groups excluding carboxylic acids is 1. The van der Waals surface area contributed by atoms with Gasteiger partial charge in [-0.1, -0.05) is 12.1 Å². The maximum absolute atomic E-state index is 13.8. The molecule has 27 heavy (non-hydrogen) atoms. The van der Waals surface area contributed by atoms with E-state index in [9.17, 15) is 9.18 Å². The molecule has 5 heteroatoms. The standard InChI is InChI=1S/C22H23FN2O2/c1-14-5-6-16(11-15(14)2)21-13-19(22(26)24-9-4-10-27-3)18-12-17(23)7-8-20(18)25-21/h5-8,11-13H,4,9-10H2,1-3H3,(H,24,26). The van der Waals surface area contributed by atoms with Gasteiger partial charge in [-0.2, -0.15) is 0 Å². The van der Waals surface area contributed by atoms with Crippen molar-refractivity contribution >= 4 is 16.8 Å². The van der Waals surface area contributed by atoms with E-state index in [2.05, 4.69) is 17.2 Å². The molecule has 2 aromatic carbocycles. The number of carbonyl (C=O) groups is 1. The number of benzene rings is 2. The number of pyridine rings is 1. The Labute approximate surface area is 158 Å². The minimum absolute atomic E-state index is 0.241. The Hall–Kier alpha value is -2.79. The van der Waals surface area contributed by atoms with Crippen LogP contribution < -0.4 is 5.32 Å². The predicted molar refractivity (Wildman–Crippen MR) is 105 cm³/mol.